The fourth-order valence-corrected chi connectivity index (χ4v) is 2.59. The molecule has 0 atom stereocenters. The van der Waals surface area contributed by atoms with Crippen LogP contribution in [0.5, 0.6) is 0 Å². The third kappa shape index (κ3) is 0.708. The summed E-state index contributed by atoms with van der Waals surface area (Å²) in [5, 5.41) is 12.9. The molecule has 0 saturated heterocycles. The lowest BCUT2D eigenvalue weighted by Gasteiger charge is -2.61. The number of hydrogen-bond donors (Lipinski definition) is 2. The number of carboxylic acids is 1. The first-order valence-electron chi connectivity index (χ1n) is 4.70. The minimum absolute atomic E-state index is 0.0719. The van der Waals surface area contributed by atoms with Crippen molar-refractivity contribution in [3.05, 3.63) is 11.8 Å². The number of rotatable bonds is 2. The lowest BCUT2D eigenvalue weighted by molar-refractivity contribution is -0.0960. The van der Waals surface area contributed by atoms with Crippen LogP contribution >= 0.6 is 0 Å². The second kappa shape index (κ2) is 2.10. The number of carboxylic acid groups (broad SMARTS) is 1. The van der Waals surface area contributed by atoms with Crippen molar-refractivity contribution in [2.24, 2.45) is 5.92 Å². The standard InChI is InChI=1S/C9H11N3O2/c10-7-6(8(13)14)4-11-12(7)9-1-5(2-9)3-9/h4-5H,1-3,10H2,(H,13,14). The van der Waals surface area contributed by atoms with E-state index in [9.17, 15) is 4.79 Å². The zero-order chi connectivity index (χ0) is 9.92. The quantitative estimate of drug-likeness (QED) is 0.723. The van der Waals surface area contributed by atoms with Crippen LogP contribution in [0.4, 0.5) is 5.82 Å². The van der Waals surface area contributed by atoms with Crippen molar-refractivity contribution >= 4 is 11.8 Å². The maximum Gasteiger partial charge on any atom is 0.341 e. The second-order valence-electron chi connectivity index (χ2n) is 4.36. The van der Waals surface area contributed by atoms with Crippen molar-refractivity contribution in [2.75, 3.05) is 5.73 Å². The van der Waals surface area contributed by atoms with Gasteiger partial charge in [0.15, 0.2) is 0 Å². The number of aromatic nitrogens is 2. The van der Waals surface area contributed by atoms with E-state index in [0.717, 1.165) is 25.2 Å². The van der Waals surface area contributed by atoms with E-state index in [2.05, 4.69) is 5.10 Å². The monoisotopic (exact) mass is 193 g/mol. The highest BCUT2D eigenvalue weighted by Crippen LogP contribution is 2.62. The predicted octanol–water partition coefficient (Wildman–Crippen LogP) is 0.672. The molecule has 0 radical (unpaired) electrons. The van der Waals surface area contributed by atoms with Gasteiger partial charge in [-0.05, 0) is 25.2 Å². The number of nitrogens with two attached hydrogens (primary N) is 1. The van der Waals surface area contributed by atoms with Crippen molar-refractivity contribution < 1.29 is 9.90 Å². The number of anilines is 1. The summed E-state index contributed by atoms with van der Waals surface area (Å²) in [4.78, 5) is 10.7. The number of hydrogen-bond acceptors (Lipinski definition) is 3. The number of nitrogen functional groups attached to an aromatic ring is 1. The van der Waals surface area contributed by atoms with Gasteiger partial charge in [-0.3, -0.25) is 0 Å². The highest BCUT2D eigenvalue weighted by molar-refractivity contribution is 5.92. The molecule has 3 aliphatic carbocycles. The molecule has 0 unspecified atom stereocenters. The molecular formula is C9H11N3O2. The summed E-state index contributed by atoms with van der Waals surface area (Å²) < 4.78 is 1.70. The summed E-state index contributed by atoms with van der Waals surface area (Å²) in [5.41, 5.74) is 5.94. The fraction of sp³-hybridized carbons (Fsp3) is 0.556. The van der Waals surface area contributed by atoms with Crippen LogP contribution in [0, 0.1) is 5.92 Å². The summed E-state index contributed by atoms with van der Waals surface area (Å²) in [7, 11) is 0. The molecule has 4 rings (SSSR count). The van der Waals surface area contributed by atoms with E-state index in [0.29, 0.717) is 5.82 Å². The Balaban J connectivity index is 2.03. The van der Waals surface area contributed by atoms with E-state index in [1.54, 1.807) is 4.68 Å². The Labute approximate surface area is 80.5 Å². The molecule has 3 aliphatic rings. The normalized spacial score (nSPS) is 33.3. The van der Waals surface area contributed by atoms with Crippen LogP contribution in [0.15, 0.2) is 6.20 Å². The smallest absolute Gasteiger partial charge is 0.341 e. The van der Waals surface area contributed by atoms with Gasteiger partial charge < -0.3 is 10.8 Å². The van der Waals surface area contributed by atoms with Gasteiger partial charge >= 0.3 is 5.97 Å². The van der Waals surface area contributed by atoms with Gasteiger partial charge in [0.2, 0.25) is 0 Å². The van der Waals surface area contributed by atoms with Gasteiger partial charge in [0.05, 0.1) is 11.7 Å². The second-order valence-corrected chi connectivity index (χ2v) is 4.36. The highest BCUT2D eigenvalue weighted by Gasteiger charge is 2.59. The van der Waals surface area contributed by atoms with Gasteiger partial charge in [0.1, 0.15) is 11.4 Å². The molecule has 3 saturated carbocycles. The number of aromatic carboxylic acids is 1. The van der Waals surface area contributed by atoms with Gasteiger partial charge in [-0.15, -0.1) is 0 Å². The third-order valence-electron chi connectivity index (χ3n) is 3.49. The predicted molar refractivity (Wildman–Crippen MR) is 48.9 cm³/mol. The highest BCUT2D eigenvalue weighted by atomic mass is 16.4. The Morgan fingerprint density at radius 1 is 1.64 bits per heavy atom. The molecule has 5 heteroatoms. The SMILES string of the molecule is Nc1c(C(=O)O)cnn1C12CC(C1)C2. The first kappa shape index (κ1) is 7.84. The van der Waals surface area contributed by atoms with Gasteiger partial charge in [0.25, 0.3) is 0 Å². The maximum absolute atomic E-state index is 10.7. The molecule has 0 amide bonds. The number of nitrogens with zero attached hydrogens (tertiary/aromatic N) is 2. The van der Waals surface area contributed by atoms with Crippen molar-refractivity contribution in [2.45, 2.75) is 24.8 Å². The van der Waals surface area contributed by atoms with Gasteiger partial charge in [-0.1, -0.05) is 0 Å². The minimum Gasteiger partial charge on any atom is -0.477 e. The fourth-order valence-electron chi connectivity index (χ4n) is 2.59. The van der Waals surface area contributed by atoms with Crippen LogP contribution in [0.1, 0.15) is 29.6 Å². The molecule has 0 aliphatic heterocycles. The van der Waals surface area contributed by atoms with E-state index in [-0.39, 0.29) is 11.1 Å². The van der Waals surface area contributed by atoms with Gasteiger partial charge in [0, 0.05) is 0 Å². The van der Waals surface area contributed by atoms with Gasteiger partial charge in [-0.25, -0.2) is 9.48 Å². The lowest BCUT2D eigenvalue weighted by Crippen LogP contribution is -2.59. The van der Waals surface area contributed by atoms with E-state index >= 15 is 0 Å². The van der Waals surface area contributed by atoms with Crippen molar-refractivity contribution in [3.63, 3.8) is 0 Å². The summed E-state index contributed by atoms with van der Waals surface area (Å²) in [5.74, 6) is 0.128. The molecule has 0 aromatic carbocycles. The molecule has 5 nitrogen and oxygen atoms in total. The van der Waals surface area contributed by atoms with Crippen molar-refractivity contribution in [1.29, 1.82) is 0 Å². The molecule has 1 aromatic heterocycles. The molecule has 2 bridgehead atoms. The molecule has 1 heterocycles. The van der Waals surface area contributed by atoms with Crippen LogP contribution in [0.25, 0.3) is 0 Å². The molecule has 1 aromatic rings. The van der Waals surface area contributed by atoms with Crippen molar-refractivity contribution in [3.8, 4) is 0 Å². The van der Waals surface area contributed by atoms with Crippen LogP contribution in [-0.4, -0.2) is 20.9 Å². The largest absolute Gasteiger partial charge is 0.477 e. The van der Waals surface area contributed by atoms with E-state index in [1.165, 1.54) is 6.20 Å². The van der Waals surface area contributed by atoms with Crippen LogP contribution in [0.3, 0.4) is 0 Å². The molecule has 3 fully saturated rings. The zero-order valence-corrected chi connectivity index (χ0v) is 7.60. The molecule has 14 heavy (non-hydrogen) atoms. The Hall–Kier alpha value is -1.52. The van der Waals surface area contributed by atoms with Crippen LogP contribution in [0.2, 0.25) is 0 Å². The Morgan fingerprint density at radius 3 is 2.64 bits per heavy atom. The van der Waals surface area contributed by atoms with E-state index in [1.807, 2.05) is 0 Å². The topological polar surface area (TPSA) is 81.1 Å². The van der Waals surface area contributed by atoms with Crippen molar-refractivity contribution in [1.82, 2.24) is 9.78 Å². The molecule has 3 N–H and O–H groups in total. The first-order chi connectivity index (χ1) is 6.62. The van der Waals surface area contributed by atoms with E-state index in [4.69, 9.17) is 10.8 Å². The average molecular weight is 193 g/mol. The van der Waals surface area contributed by atoms with E-state index < -0.39 is 5.97 Å². The average Bonchev–Trinajstić information content (AvgIpc) is 2.27. The maximum atomic E-state index is 10.7. The minimum atomic E-state index is -1.000. The summed E-state index contributed by atoms with van der Waals surface area (Å²) >= 11 is 0. The Bertz CT molecular complexity index is 407. The molecule has 74 valence electrons. The van der Waals surface area contributed by atoms with Crippen LogP contribution in [-0.2, 0) is 5.54 Å². The first-order valence-corrected chi connectivity index (χ1v) is 4.70. The van der Waals surface area contributed by atoms with Gasteiger partial charge in [-0.2, -0.15) is 5.10 Å². The molecule has 0 spiro atoms. The number of carbonyl (C=O) groups is 1. The zero-order valence-electron chi connectivity index (χ0n) is 7.60. The Morgan fingerprint density at radius 2 is 2.29 bits per heavy atom. The summed E-state index contributed by atoms with van der Waals surface area (Å²) in [6, 6.07) is 0. The lowest BCUT2D eigenvalue weighted by atomic mass is 9.50. The summed E-state index contributed by atoms with van der Waals surface area (Å²) in [6.07, 6.45) is 4.67. The molecular weight excluding hydrogens is 182 g/mol. The Kier molecular flexibility index (Phi) is 1.18. The summed E-state index contributed by atoms with van der Waals surface area (Å²) in [6.45, 7) is 0. The third-order valence-corrected chi connectivity index (χ3v) is 3.49. The van der Waals surface area contributed by atoms with Crippen LogP contribution < -0.4 is 5.73 Å².